The molecule has 184 valence electrons. The van der Waals surface area contributed by atoms with E-state index in [1.807, 2.05) is 11.8 Å². The fourth-order valence-electron chi connectivity index (χ4n) is 5.52. The van der Waals surface area contributed by atoms with Crippen LogP contribution < -0.4 is 15.8 Å². The van der Waals surface area contributed by atoms with Gasteiger partial charge in [0.1, 0.15) is 0 Å². The molecule has 2 aliphatic heterocycles. The van der Waals surface area contributed by atoms with Crippen LogP contribution in [0.25, 0.3) is 0 Å². The van der Waals surface area contributed by atoms with Gasteiger partial charge in [-0.05, 0) is 50.7 Å². The lowest BCUT2D eigenvalue weighted by Crippen LogP contribution is -2.47. The summed E-state index contributed by atoms with van der Waals surface area (Å²) in [5.41, 5.74) is 8.30. The van der Waals surface area contributed by atoms with Crippen molar-refractivity contribution in [2.75, 3.05) is 18.6 Å². The molecule has 2 aromatic rings. The lowest BCUT2D eigenvalue weighted by Gasteiger charge is -2.40. The summed E-state index contributed by atoms with van der Waals surface area (Å²) < 4.78 is 27.2. The topological polar surface area (TPSA) is 71.5 Å². The number of methoxy groups -OCH3 is 1. The molecule has 10 heteroatoms. The second-order valence-electron chi connectivity index (χ2n) is 9.52. The van der Waals surface area contributed by atoms with E-state index in [4.69, 9.17) is 32.7 Å². The van der Waals surface area contributed by atoms with Gasteiger partial charge in [0.05, 0.1) is 34.4 Å². The van der Waals surface area contributed by atoms with Crippen molar-refractivity contribution in [1.29, 1.82) is 0 Å². The highest BCUT2D eigenvalue weighted by atomic mass is 35.5. The molecular formula is C24H30Cl2FN5O2. The summed E-state index contributed by atoms with van der Waals surface area (Å²) in [5, 5.41) is 0.950. The number of halogens is 3. The third-order valence-electron chi connectivity index (χ3n) is 7.55. The summed E-state index contributed by atoms with van der Waals surface area (Å²) in [6.45, 7) is 4.87. The van der Waals surface area contributed by atoms with Gasteiger partial charge in [-0.25, -0.2) is 14.8 Å². The number of aromatic nitrogens is 2. The van der Waals surface area contributed by atoms with E-state index < -0.39 is 0 Å². The van der Waals surface area contributed by atoms with Gasteiger partial charge in [0.25, 0.3) is 0 Å². The summed E-state index contributed by atoms with van der Waals surface area (Å²) in [7, 11) is 1.70. The molecule has 5 rings (SSSR count). The molecular weight excluding hydrogens is 480 g/mol. The van der Waals surface area contributed by atoms with Gasteiger partial charge in [-0.1, -0.05) is 23.2 Å². The maximum absolute atomic E-state index is 15.0. The number of nitrogens with one attached hydrogen (secondary N) is 2. The second-order valence-corrected chi connectivity index (χ2v) is 10.3. The quantitative estimate of drug-likeness (QED) is 0.588. The van der Waals surface area contributed by atoms with E-state index in [2.05, 4.69) is 27.7 Å². The summed E-state index contributed by atoms with van der Waals surface area (Å²) in [4.78, 5) is 10.5. The molecule has 4 heterocycles. The molecule has 1 saturated carbocycles. The first-order chi connectivity index (χ1) is 16.4. The van der Waals surface area contributed by atoms with E-state index in [9.17, 15) is 4.39 Å². The minimum absolute atomic E-state index is 0.0813. The van der Waals surface area contributed by atoms with Crippen LogP contribution in [0.5, 0.6) is 0 Å². The minimum Gasteiger partial charge on any atom is -0.379 e. The average molecular weight is 510 g/mol. The Labute approximate surface area is 209 Å². The van der Waals surface area contributed by atoms with Crippen LogP contribution in [0.15, 0.2) is 24.7 Å². The minimum atomic E-state index is -0.333. The van der Waals surface area contributed by atoms with Crippen molar-refractivity contribution < 1.29 is 13.9 Å². The Morgan fingerprint density at radius 3 is 2.53 bits per heavy atom. The lowest BCUT2D eigenvalue weighted by atomic mass is 9.77. The Morgan fingerprint density at radius 2 is 1.91 bits per heavy atom. The molecule has 0 bridgehead atoms. The van der Waals surface area contributed by atoms with E-state index in [0.29, 0.717) is 21.9 Å². The van der Waals surface area contributed by atoms with Crippen LogP contribution in [0.4, 0.5) is 10.2 Å². The normalized spacial score (nSPS) is 31.8. The zero-order chi connectivity index (χ0) is 24.0. The van der Waals surface area contributed by atoms with E-state index in [0.717, 1.165) is 36.9 Å². The predicted octanol–water partition coefficient (Wildman–Crippen LogP) is 4.61. The van der Waals surface area contributed by atoms with Crippen LogP contribution >= 0.6 is 23.2 Å². The predicted molar refractivity (Wildman–Crippen MR) is 129 cm³/mol. The SMILES string of the molecule is COC1CC2NNC(c3cnc(N4CC[C@H]4C)c(F)c3)C2CC1O[C@H](C)c1c(Cl)cncc1Cl. The highest BCUT2D eigenvalue weighted by Gasteiger charge is 2.46. The number of hydrogen-bond donors (Lipinski definition) is 2. The highest BCUT2D eigenvalue weighted by molar-refractivity contribution is 6.35. The third-order valence-corrected chi connectivity index (χ3v) is 8.15. The van der Waals surface area contributed by atoms with Gasteiger partial charge in [-0.2, -0.15) is 0 Å². The molecule has 2 aromatic heterocycles. The van der Waals surface area contributed by atoms with Crippen LogP contribution in [-0.4, -0.2) is 47.9 Å². The van der Waals surface area contributed by atoms with Gasteiger partial charge in [0.2, 0.25) is 0 Å². The Morgan fingerprint density at radius 1 is 1.15 bits per heavy atom. The monoisotopic (exact) mass is 509 g/mol. The van der Waals surface area contributed by atoms with Crippen molar-refractivity contribution >= 4 is 29.0 Å². The molecule has 0 aromatic carbocycles. The van der Waals surface area contributed by atoms with Gasteiger partial charge in [-0.15, -0.1) is 0 Å². The fraction of sp³-hybridized carbons (Fsp3) is 0.583. The number of anilines is 1. The van der Waals surface area contributed by atoms with Crippen LogP contribution in [0.3, 0.4) is 0 Å². The van der Waals surface area contributed by atoms with E-state index in [-0.39, 0.29) is 42.1 Å². The van der Waals surface area contributed by atoms with Crippen molar-refractivity contribution in [2.24, 2.45) is 5.92 Å². The first-order valence-electron chi connectivity index (χ1n) is 11.8. The zero-order valence-electron chi connectivity index (χ0n) is 19.5. The first-order valence-corrected chi connectivity index (χ1v) is 12.5. The molecule has 7 atom stereocenters. The van der Waals surface area contributed by atoms with Gasteiger partial charge >= 0.3 is 0 Å². The number of hydrazine groups is 1. The summed E-state index contributed by atoms with van der Waals surface area (Å²) in [6, 6.07) is 2.04. The standard InChI is InChI=1S/C24H30Cl2FN5O2/c1-12-4-5-32(12)24-18(27)6-14(9-29-24)23-15-7-21(20(33-3)8-19(15)30-31-23)34-13(2)22-16(25)10-28-11-17(22)26/h6,9-13,15,19-21,23,30-31H,4-5,7-8H2,1-3H3/t12-,13-,15?,19?,20?,21?,23?/m1/s1. The fourth-order valence-corrected chi connectivity index (χ4v) is 6.19. The molecule has 0 amide bonds. The van der Waals surface area contributed by atoms with Crippen LogP contribution in [-0.2, 0) is 9.47 Å². The second kappa shape index (κ2) is 9.84. The Balaban J connectivity index is 1.34. The maximum atomic E-state index is 15.0. The van der Waals surface area contributed by atoms with Gasteiger partial charge in [-0.3, -0.25) is 10.4 Å². The molecule has 34 heavy (non-hydrogen) atoms. The molecule has 1 aliphatic carbocycles. The Bertz CT molecular complexity index is 1030. The van der Waals surface area contributed by atoms with Crippen LogP contribution in [0.1, 0.15) is 56.4 Å². The Hall–Kier alpha value is -1.55. The number of ether oxygens (including phenoxy) is 2. The number of fused-ring (bicyclic) bond motifs is 1. The first kappa shape index (κ1) is 24.2. The van der Waals surface area contributed by atoms with E-state index in [1.165, 1.54) is 0 Å². The summed E-state index contributed by atoms with van der Waals surface area (Å²) in [6.07, 6.45) is 6.88. The maximum Gasteiger partial charge on any atom is 0.166 e. The number of rotatable bonds is 6. The van der Waals surface area contributed by atoms with Crippen molar-refractivity contribution in [3.8, 4) is 0 Å². The smallest absolute Gasteiger partial charge is 0.166 e. The largest absolute Gasteiger partial charge is 0.379 e. The highest BCUT2D eigenvalue weighted by Crippen LogP contribution is 2.42. The average Bonchev–Trinajstić information content (AvgIpc) is 3.21. The van der Waals surface area contributed by atoms with Crippen molar-refractivity contribution in [3.05, 3.63) is 51.6 Å². The summed E-state index contributed by atoms with van der Waals surface area (Å²) >= 11 is 12.7. The molecule has 2 N–H and O–H groups in total. The zero-order valence-corrected chi connectivity index (χ0v) is 21.0. The van der Waals surface area contributed by atoms with Crippen molar-refractivity contribution in [2.45, 2.75) is 69.5 Å². The van der Waals surface area contributed by atoms with E-state index in [1.54, 1.807) is 31.8 Å². The van der Waals surface area contributed by atoms with Gasteiger partial charge < -0.3 is 14.4 Å². The van der Waals surface area contributed by atoms with Crippen LogP contribution in [0.2, 0.25) is 10.0 Å². The molecule has 0 spiro atoms. The molecule has 2 saturated heterocycles. The number of hydrogen-bond acceptors (Lipinski definition) is 7. The number of pyridine rings is 2. The van der Waals surface area contributed by atoms with Gasteiger partial charge in [0, 0.05) is 49.9 Å². The molecule has 0 radical (unpaired) electrons. The third kappa shape index (κ3) is 4.40. The van der Waals surface area contributed by atoms with Crippen molar-refractivity contribution in [3.63, 3.8) is 0 Å². The van der Waals surface area contributed by atoms with Crippen LogP contribution in [0, 0.1) is 11.7 Å². The van der Waals surface area contributed by atoms with Crippen molar-refractivity contribution in [1.82, 2.24) is 20.8 Å². The van der Waals surface area contributed by atoms with E-state index >= 15 is 0 Å². The summed E-state index contributed by atoms with van der Waals surface area (Å²) in [5.74, 6) is 0.347. The molecule has 7 nitrogen and oxygen atoms in total. The van der Waals surface area contributed by atoms with Gasteiger partial charge in [0.15, 0.2) is 11.6 Å². The molecule has 5 unspecified atom stereocenters. The lowest BCUT2D eigenvalue weighted by molar-refractivity contribution is -0.117. The molecule has 3 aliphatic rings. The Kier molecular flexibility index (Phi) is 6.99. The number of nitrogens with zero attached hydrogens (tertiary/aromatic N) is 3. The molecule has 3 fully saturated rings.